The minimum Gasteiger partial charge on any atom is -0.496 e. The molecule has 0 aliphatic carbocycles. The topological polar surface area (TPSA) is 73.6 Å². The molecule has 0 radical (unpaired) electrons. The molecule has 20 heavy (non-hydrogen) atoms. The lowest BCUT2D eigenvalue weighted by Gasteiger charge is -2.30. The van der Waals surface area contributed by atoms with Crippen LogP contribution in [-0.4, -0.2) is 30.8 Å². The Balaban J connectivity index is 2.14. The number of nitro benzene ring substituents is 1. The van der Waals surface area contributed by atoms with Crippen molar-refractivity contribution in [2.45, 2.75) is 38.3 Å². The Morgan fingerprint density at radius 2 is 2.35 bits per heavy atom. The SMILES string of the molecule is CCC1CC(Nc2ccc(OC)cc2[N+](=O)[O-])CCO1. The van der Waals surface area contributed by atoms with Gasteiger partial charge < -0.3 is 14.8 Å². The molecule has 2 rings (SSSR count). The summed E-state index contributed by atoms with van der Waals surface area (Å²) >= 11 is 0. The summed E-state index contributed by atoms with van der Waals surface area (Å²) in [5.74, 6) is 0.487. The van der Waals surface area contributed by atoms with E-state index in [1.54, 1.807) is 12.1 Å². The van der Waals surface area contributed by atoms with Crippen LogP contribution >= 0.6 is 0 Å². The third-order valence-electron chi connectivity index (χ3n) is 3.58. The Labute approximate surface area is 118 Å². The maximum Gasteiger partial charge on any atom is 0.296 e. The van der Waals surface area contributed by atoms with Crippen LogP contribution in [0.2, 0.25) is 0 Å². The second-order valence-electron chi connectivity index (χ2n) is 4.91. The Hall–Kier alpha value is -1.82. The molecule has 6 nitrogen and oxygen atoms in total. The Bertz CT molecular complexity index is 478. The molecule has 0 amide bonds. The van der Waals surface area contributed by atoms with Crippen molar-refractivity contribution in [2.75, 3.05) is 19.0 Å². The maximum absolute atomic E-state index is 11.1. The summed E-state index contributed by atoms with van der Waals surface area (Å²) in [4.78, 5) is 10.7. The number of rotatable bonds is 5. The maximum atomic E-state index is 11.1. The summed E-state index contributed by atoms with van der Waals surface area (Å²) in [7, 11) is 1.50. The minimum atomic E-state index is -0.387. The number of nitrogens with zero attached hydrogens (tertiary/aromatic N) is 1. The summed E-state index contributed by atoms with van der Waals surface area (Å²) < 4.78 is 10.6. The van der Waals surface area contributed by atoms with Crippen molar-refractivity contribution in [1.82, 2.24) is 0 Å². The molecule has 0 spiro atoms. The first-order valence-electron chi connectivity index (χ1n) is 6.84. The quantitative estimate of drug-likeness (QED) is 0.663. The lowest BCUT2D eigenvalue weighted by atomic mass is 10.0. The molecule has 1 aliphatic rings. The molecule has 1 fully saturated rings. The van der Waals surface area contributed by atoms with Crippen LogP contribution < -0.4 is 10.1 Å². The van der Waals surface area contributed by atoms with Gasteiger partial charge in [0.1, 0.15) is 11.4 Å². The Morgan fingerprint density at radius 3 is 3.00 bits per heavy atom. The number of hydrogen-bond acceptors (Lipinski definition) is 5. The zero-order chi connectivity index (χ0) is 14.5. The standard InChI is InChI=1S/C14H20N2O4/c1-3-11-8-10(6-7-20-11)15-13-5-4-12(19-2)9-14(13)16(17)18/h4-5,9-11,15H,3,6-8H2,1-2H3. The van der Waals surface area contributed by atoms with E-state index >= 15 is 0 Å². The molecule has 110 valence electrons. The van der Waals surface area contributed by atoms with Crippen molar-refractivity contribution >= 4 is 11.4 Å². The van der Waals surface area contributed by atoms with Gasteiger partial charge in [-0.05, 0) is 31.4 Å². The number of hydrogen-bond donors (Lipinski definition) is 1. The van der Waals surface area contributed by atoms with E-state index in [1.165, 1.54) is 13.2 Å². The first-order chi connectivity index (χ1) is 9.63. The van der Waals surface area contributed by atoms with E-state index in [4.69, 9.17) is 9.47 Å². The van der Waals surface area contributed by atoms with E-state index < -0.39 is 0 Å². The van der Waals surface area contributed by atoms with Gasteiger partial charge in [0.15, 0.2) is 0 Å². The van der Waals surface area contributed by atoms with Crippen molar-refractivity contribution in [3.8, 4) is 5.75 Å². The first kappa shape index (κ1) is 14.6. The van der Waals surface area contributed by atoms with Crippen molar-refractivity contribution in [1.29, 1.82) is 0 Å². The summed E-state index contributed by atoms with van der Waals surface area (Å²) in [5.41, 5.74) is 0.585. The van der Waals surface area contributed by atoms with E-state index in [0.29, 0.717) is 18.0 Å². The minimum absolute atomic E-state index is 0.0453. The summed E-state index contributed by atoms with van der Waals surface area (Å²) in [6.45, 7) is 2.78. The zero-order valence-electron chi connectivity index (χ0n) is 11.8. The number of nitrogens with one attached hydrogen (secondary N) is 1. The Kier molecular flexibility index (Phi) is 4.79. The van der Waals surface area contributed by atoms with E-state index in [-0.39, 0.29) is 22.8 Å². The average Bonchev–Trinajstić information content (AvgIpc) is 2.47. The van der Waals surface area contributed by atoms with Crippen molar-refractivity contribution < 1.29 is 14.4 Å². The third-order valence-corrected chi connectivity index (χ3v) is 3.58. The van der Waals surface area contributed by atoms with E-state index in [9.17, 15) is 10.1 Å². The van der Waals surface area contributed by atoms with Crippen LogP contribution in [0.1, 0.15) is 26.2 Å². The van der Waals surface area contributed by atoms with Gasteiger partial charge in [0.05, 0.1) is 24.2 Å². The molecule has 1 aromatic rings. The predicted octanol–water partition coefficient (Wildman–Crippen LogP) is 2.97. The molecule has 1 N–H and O–H groups in total. The van der Waals surface area contributed by atoms with Gasteiger partial charge in [-0.15, -0.1) is 0 Å². The van der Waals surface area contributed by atoms with Gasteiger partial charge in [-0.2, -0.15) is 0 Å². The first-order valence-corrected chi connectivity index (χ1v) is 6.84. The van der Waals surface area contributed by atoms with Crippen LogP contribution in [0.15, 0.2) is 18.2 Å². The van der Waals surface area contributed by atoms with Crippen molar-refractivity contribution in [3.05, 3.63) is 28.3 Å². The molecule has 2 unspecified atom stereocenters. The molecule has 1 saturated heterocycles. The predicted molar refractivity (Wildman–Crippen MR) is 76.3 cm³/mol. The normalized spacial score (nSPS) is 22.3. The highest BCUT2D eigenvalue weighted by Crippen LogP contribution is 2.31. The second-order valence-corrected chi connectivity index (χ2v) is 4.91. The van der Waals surface area contributed by atoms with Crippen LogP contribution in [-0.2, 0) is 4.74 Å². The van der Waals surface area contributed by atoms with Crippen LogP contribution in [0.25, 0.3) is 0 Å². The molecule has 0 bridgehead atoms. The zero-order valence-corrected chi connectivity index (χ0v) is 11.8. The van der Waals surface area contributed by atoms with E-state index in [2.05, 4.69) is 12.2 Å². The molecule has 1 heterocycles. The highest BCUT2D eigenvalue weighted by molar-refractivity contribution is 5.64. The average molecular weight is 280 g/mol. The molecule has 2 atom stereocenters. The van der Waals surface area contributed by atoms with E-state index in [0.717, 1.165) is 19.3 Å². The van der Waals surface area contributed by atoms with Gasteiger partial charge in [0, 0.05) is 12.6 Å². The fourth-order valence-corrected chi connectivity index (χ4v) is 2.43. The number of methoxy groups -OCH3 is 1. The third kappa shape index (κ3) is 3.39. The lowest BCUT2D eigenvalue weighted by Crippen LogP contribution is -2.33. The summed E-state index contributed by atoms with van der Waals surface area (Å²) in [6.07, 6.45) is 2.93. The highest BCUT2D eigenvalue weighted by atomic mass is 16.6. The van der Waals surface area contributed by atoms with Gasteiger partial charge in [0.25, 0.3) is 5.69 Å². The molecule has 1 aromatic carbocycles. The van der Waals surface area contributed by atoms with Crippen LogP contribution in [0.3, 0.4) is 0 Å². The van der Waals surface area contributed by atoms with Gasteiger partial charge in [0.2, 0.25) is 0 Å². The lowest BCUT2D eigenvalue weighted by molar-refractivity contribution is -0.384. The fourth-order valence-electron chi connectivity index (χ4n) is 2.43. The highest BCUT2D eigenvalue weighted by Gasteiger charge is 2.24. The molecule has 6 heteroatoms. The van der Waals surface area contributed by atoms with Gasteiger partial charge in [-0.1, -0.05) is 6.92 Å². The molecule has 0 saturated carbocycles. The monoisotopic (exact) mass is 280 g/mol. The van der Waals surface area contributed by atoms with E-state index in [1.807, 2.05) is 0 Å². The van der Waals surface area contributed by atoms with Crippen LogP contribution in [0.5, 0.6) is 5.75 Å². The largest absolute Gasteiger partial charge is 0.496 e. The van der Waals surface area contributed by atoms with Gasteiger partial charge >= 0.3 is 0 Å². The second kappa shape index (κ2) is 6.56. The van der Waals surface area contributed by atoms with Crippen molar-refractivity contribution in [2.24, 2.45) is 0 Å². The number of benzene rings is 1. The smallest absolute Gasteiger partial charge is 0.296 e. The molecular weight excluding hydrogens is 260 g/mol. The van der Waals surface area contributed by atoms with Crippen LogP contribution in [0, 0.1) is 10.1 Å². The molecular formula is C14H20N2O4. The summed E-state index contributed by atoms with van der Waals surface area (Å²) in [6, 6.07) is 5.08. The number of nitro groups is 1. The summed E-state index contributed by atoms with van der Waals surface area (Å²) in [5, 5.41) is 14.4. The Morgan fingerprint density at radius 1 is 1.55 bits per heavy atom. The van der Waals surface area contributed by atoms with Crippen LogP contribution in [0.4, 0.5) is 11.4 Å². The van der Waals surface area contributed by atoms with Crippen molar-refractivity contribution in [3.63, 3.8) is 0 Å². The molecule has 0 aromatic heterocycles. The fraction of sp³-hybridized carbons (Fsp3) is 0.571. The number of ether oxygens (including phenoxy) is 2. The van der Waals surface area contributed by atoms with Gasteiger partial charge in [-0.25, -0.2) is 0 Å². The molecule has 1 aliphatic heterocycles. The van der Waals surface area contributed by atoms with Gasteiger partial charge in [-0.3, -0.25) is 10.1 Å². The number of anilines is 1.